The van der Waals surface area contributed by atoms with Gasteiger partial charge in [0.25, 0.3) is 0 Å². The monoisotopic (exact) mass is 396 g/mol. The number of tetrazole rings is 1. The fourth-order valence-corrected chi connectivity index (χ4v) is 3.60. The van der Waals surface area contributed by atoms with Gasteiger partial charge >= 0.3 is 0 Å². The van der Waals surface area contributed by atoms with Gasteiger partial charge in [-0.1, -0.05) is 41.6 Å². The number of rotatable bonds is 7. The number of carbonyl (C=O) groups is 1. The van der Waals surface area contributed by atoms with Crippen LogP contribution in [0.15, 0.2) is 58.6 Å². The van der Waals surface area contributed by atoms with Crippen molar-refractivity contribution in [1.82, 2.24) is 20.2 Å². The molecule has 0 spiro atoms. The number of aryl methyl sites for hydroxylation is 1. The van der Waals surface area contributed by atoms with Gasteiger partial charge in [0.1, 0.15) is 0 Å². The molecular formula is C18H16N6OS2. The number of thioether (sulfide) groups is 2. The standard InChI is InChI=1S/C18H16N6OS2/c1-13-6-8-14(9-7-13)24-18(21-22-23-24)27-12-17(25)20-15-4-2-3-5-16(15)26-11-10-19/h2-9H,11-12H2,1H3,(H,20,25). The van der Waals surface area contributed by atoms with Crippen molar-refractivity contribution in [3.8, 4) is 11.8 Å². The van der Waals surface area contributed by atoms with Gasteiger partial charge in [0, 0.05) is 4.90 Å². The first-order chi connectivity index (χ1) is 13.2. The minimum atomic E-state index is -0.163. The van der Waals surface area contributed by atoms with E-state index >= 15 is 0 Å². The largest absolute Gasteiger partial charge is 0.324 e. The van der Waals surface area contributed by atoms with E-state index in [-0.39, 0.29) is 11.7 Å². The highest BCUT2D eigenvalue weighted by Crippen LogP contribution is 2.27. The number of benzene rings is 2. The summed E-state index contributed by atoms with van der Waals surface area (Å²) in [5.74, 6) is 0.333. The Morgan fingerprint density at radius 2 is 1.96 bits per heavy atom. The first kappa shape index (κ1) is 18.9. The van der Waals surface area contributed by atoms with E-state index in [1.54, 1.807) is 4.68 Å². The van der Waals surface area contributed by atoms with Crippen molar-refractivity contribution >= 4 is 35.1 Å². The zero-order chi connectivity index (χ0) is 19.1. The number of nitrogens with zero attached hydrogens (tertiary/aromatic N) is 5. The average molecular weight is 397 g/mol. The Kier molecular flexibility index (Phi) is 6.46. The molecule has 0 unspecified atom stereocenters. The Morgan fingerprint density at radius 1 is 1.19 bits per heavy atom. The number of hydrogen-bond donors (Lipinski definition) is 1. The lowest BCUT2D eigenvalue weighted by Crippen LogP contribution is -2.15. The summed E-state index contributed by atoms with van der Waals surface area (Å²) in [6.07, 6.45) is 0. The van der Waals surface area contributed by atoms with Crippen molar-refractivity contribution < 1.29 is 4.79 Å². The van der Waals surface area contributed by atoms with Gasteiger partial charge in [0.05, 0.1) is 28.9 Å². The SMILES string of the molecule is Cc1ccc(-n2nnnc2SCC(=O)Nc2ccccc2SCC#N)cc1. The number of aromatic nitrogens is 4. The molecule has 3 aromatic rings. The zero-order valence-corrected chi connectivity index (χ0v) is 16.1. The second-order valence-electron chi connectivity index (χ2n) is 5.49. The second-order valence-corrected chi connectivity index (χ2v) is 7.45. The Hall–Kier alpha value is -2.83. The number of nitrogens with one attached hydrogen (secondary N) is 1. The van der Waals surface area contributed by atoms with Crippen LogP contribution in [0.1, 0.15) is 5.56 Å². The van der Waals surface area contributed by atoms with Gasteiger partial charge in [0.2, 0.25) is 11.1 Å². The van der Waals surface area contributed by atoms with Crippen molar-refractivity contribution in [2.24, 2.45) is 0 Å². The third-order valence-corrected chi connectivity index (χ3v) is 5.36. The van der Waals surface area contributed by atoms with Crippen molar-refractivity contribution in [3.05, 3.63) is 54.1 Å². The maximum Gasteiger partial charge on any atom is 0.234 e. The lowest BCUT2D eigenvalue weighted by Gasteiger charge is -2.09. The van der Waals surface area contributed by atoms with Crippen LogP contribution in [0.5, 0.6) is 0 Å². The summed E-state index contributed by atoms with van der Waals surface area (Å²) >= 11 is 2.65. The van der Waals surface area contributed by atoms with Gasteiger partial charge < -0.3 is 5.32 Å². The molecule has 7 nitrogen and oxygen atoms in total. The molecule has 3 rings (SSSR count). The van der Waals surface area contributed by atoms with Crippen molar-refractivity contribution in [2.45, 2.75) is 17.0 Å². The molecule has 0 radical (unpaired) electrons. The predicted molar refractivity (Wildman–Crippen MR) is 106 cm³/mol. The smallest absolute Gasteiger partial charge is 0.234 e. The fraction of sp³-hybridized carbons (Fsp3) is 0.167. The molecule has 1 aromatic heterocycles. The molecule has 0 atom stereocenters. The molecule has 0 bridgehead atoms. The second kappa shape index (κ2) is 9.21. The zero-order valence-electron chi connectivity index (χ0n) is 14.5. The lowest BCUT2D eigenvalue weighted by atomic mass is 10.2. The lowest BCUT2D eigenvalue weighted by molar-refractivity contribution is -0.113. The minimum Gasteiger partial charge on any atom is -0.324 e. The summed E-state index contributed by atoms with van der Waals surface area (Å²) in [6, 6.07) is 17.3. The number of amides is 1. The number of para-hydroxylation sites is 1. The number of nitriles is 1. The third kappa shape index (κ3) is 5.09. The molecule has 0 saturated heterocycles. The van der Waals surface area contributed by atoms with Crippen LogP contribution in [0.3, 0.4) is 0 Å². The van der Waals surface area contributed by atoms with Gasteiger partial charge in [0.15, 0.2) is 0 Å². The van der Waals surface area contributed by atoms with Crippen LogP contribution in [0, 0.1) is 18.3 Å². The van der Waals surface area contributed by atoms with E-state index in [9.17, 15) is 4.79 Å². The highest BCUT2D eigenvalue weighted by molar-refractivity contribution is 8.00. The van der Waals surface area contributed by atoms with Crippen LogP contribution in [-0.4, -0.2) is 37.6 Å². The molecule has 0 fully saturated rings. The summed E-state index contributed by atoms with van der Waals surface area (Å²) in [7, 11) is 0. The number of hydrogen-bond acceptors (Lipinski definition) is 7. The maximum absolute atomic E-state index is 12.3. The summed E-state index contributed by atoms with van der Waals surface area (Å²) in [5, 5.41) is 23.9. The molecule has 0 saturated carbocycles. The minimum absolute atomic E-state index is 0.163. The van der Waals surface area contributed by atoms with Crippen LogP contribution in [-0.2, 0) is 4.79 Å². The highest BCUT2D eigenvalue weighted by atomic mass is 32.2. The van der Waals surface area contributed by atoms with Gasteiger partial charge in [-0.15, -0.1) is 16.9 Å². The maximum atomic E-state index is 12.3. The molecule has 0 aliphatic rings. The van der Waals surface area contributed by atoms with Crippen molar-refractivity contribution in [3.63, 3.8) is 0 Å². The van der Waals surface area contributed by atoms with E-state index in [2.05, 4.69) is 26.9 Å². The van der Waals surface area contributed by atoms with E-state index in [1.807, 2.05) is 55.5 Å². The Bertz CT molecular complexity index is 964. The first-order valence-electron chi connectivity index (χ1n) is 8.04. The molecule has 1 heterocycles. The van der Waals surface area contributed by atoms with Gasteiger partial charge in [-0.2, -0.15) is 9.94 Å². The number of anilines is 1. The summed E-state index contributed by atoms with van der Waals surface area (Å²) < 4.78 is 1.61. The quantitative estimate of drug-likeness (QED) is 0.612. The molecule has 1 N–H and O–H groups in total. The van der Waals surface area contributed by atoms with Crippen LogP contribution in [0.25, 0.3) is 5.69 Å². The topological polar surface area (TPSA) is 96.5 Å². The van der Waals surface area contributed by atoms with Gasteiger partial charge in [-0.05, 0) is 41.6 Å². The van der Waals surface area contributed by atoms with Crippen LogP contribution in [0.4, 0.5) is 5.69 Å². The molecule has 0 aliphatic heterocycles. The van der Waals surface area contributed by atoms with Crippen LogP contribution in [0.2, 0.25) is 0 Å². The molecule has 27 heavy (non-hydrogen) atoms. The van der Waals surface area contributed by atoms with Crippen molar-refractivity contribution in [1.29, 1.82) is 5.26 Å². The normalized spacial score (nSPS) is 10.4. The summed E-state index contributed by atoms with van der Waals surface area (Å²) in [6.45, 7) is 2.01. The Balaban J connectivity index is 1.63. The molecule has 2 aromatic carbocycles. The Morgan fingerprint density at radius 3 is 2.74 bits per heavy atom. The third-order valence-electron chi connectivity index (χ3n) is 3.51. The van der Waals surface area contributed by atoms with E-state index in [4.69, 9.17) is 5.26 Å². The van der Waals surface area contributed by atoms with E-state index < -0.39 is 0 Å². The van der Waals surface area contributed by atoms with Crippen LogP contribution >= 0.6 is 23.5 Å². The Labute approximate surface area is 165 Å². The molecule has 9 heteroatoms. The fourth-order valence-electron chi connectivity index (χ4n) is 2.24. The number of carbonyl (C=O) groups excluding carboxylic acids is 1. The summed E-state index contributed by atoms with van der Waals surface area (Å²) in [4.78, 5) is 13.2. The first-order valence-corrected chi connectivity index (χ1v) is 10.0. The molecule has 136 valence electrons. The summed E-state index contributed by atoms with van der Waals surface area (Å²) in [5.41, 5.74) is 2.68. The molecule has 1 amide bonds. The molecule has 0 aliphatic carbocycles. The van der Waals surface area contributed by atoms with Crippen molar-refractivity contribution in [2.75, 3.05) is 16.8 Å². The van der Waals surface area contributed by atoms with Crippen LogP contribution < -0.4 is 5.32 Å². The van der Waals surface area contributed by atoms with Gasteiger partial charge in [-0.3, -0.25) is 4.79 Å². The van der Waals surface area contributed by atoms with Gasteiger partial charge in [-0.25, -0.2) is 0 Å². The van der Waals surface area contributed by atoms with E-state index in [1.165, 1.54) is 23.5 Å². The predicted octanol–water partition coefficient (Wildman–Crippen LogP) is 3.32. The average Bonchev–Trinajstić information content (AvgIpc) is 3.15. The van der Waals surface area contributed by atoms with E-state index in [0.29, 0.717) is 16.6 Å². The highest BCUT2D eigenvalue weighted by Gasteiger charge is 2.13. The molecular weight excluding hydrogens is 380 g/mol. The van der Waals surface area contributed by atoms with E-state index in [0.717, 1.165) is 16.1 Å².